The highest BCUT2D eigenvalue weighted by atomic mass is 32.9. The summed E-state index contributed by atoms with van der Waals surface area (Å²) in [6.07, 6.45) is 2.09. The van der Waals surface area contributed by atoms with Crippen LogP contribution in [0.2, 0.25) is 0 Å². The summed E-state index contributed by atoms with van der Waals surface area (Å²) in [5.74, 6) is 0. The predicted molar refractivity (Wildman–Crippen MR) is 34.9 cm³/mol. The third-order valence-corrected chi connectivity index (χ3v) is 4.00. The lowest BCUT2D eigenvalue weighted by molar-refractivity contribution is 2.49. The first kappa shape index (κ1) is 5.87. The van der Waals surface area contributed by atoms with Crippen LogP contribution >= 0.6 is 7.36 Å². The van der Waals surface area contributed by atoms with E-state index in [0.29, 0.717) is 0 Å². The normalized spacial score (nSPS) is 15.6. The molecule has 1 unspecified atom stereocenters. The van der Waals surface area contributed by atoms with Gasteiger partial charge in [0.1, 0.15) is 0 Å². The molecule has 0 fully saturated rings. The highest BCUT2D eigenvalue weighted by molar-refractivity contribution is 8.41. The molecule has 0 bridgehead atoms. The number of rotatable bonds is 0. The number of hydrogen-bond acceptors (Lipinski definition) is 1. The van der Waals surface area contributed by atoms with Crippen molar-refractivity contribution in [1.82, 2.24) is 0 Å². The van der Waals surface area contributed by atoms with Gasteiger partial charge in [-0.1, -0.05) is 18.5 Å². The molecule has 0 saturated carbocycles. The van der Waals surface area contributed by atoms with E-state index in [4.69, 9.17) is 11.2 Å². The molecule has 0 aliphatic rings. The third-order valence-electron chi connectivity index (χ3n) is 0.282. The summed E-state index contributed by atoms with van der Waals surface area (Å²) in [7, 11) is 1.33. The van der Waals surface area contributed by atoms with Crippen molar-refractivity contribution in [2.45, 2.75) is 0 Å². The Bertz CT molecular complexity index is 79.6. The molecule has 0 aromatic heterocycles. The van der Waals surface area contributed by atoms with Crippen LogP contribution in [0, 0.1) is 0 Å². The molecule has 0 N–H and O–H groups in total. The second-order valence-electron chi connectivity index (χ2n) is 0.664. The molecule has 0 aromatic rings. The highest BCUT2D eigenvalue weighted by Crippen LogP contribution is 1.83. The van der Waals surface area contributed by atoms with E-state index < -0.39 is 0 Å². The van der Waals surface area contributed by atoms with Gasteiger partial charge < -0.3 is 0 Å². The van der Waals surface area contributed by atoms with Crippen LogP contribution in [-0.2, 0) is 19.8 Å². The van der Waals surface area contributed by atoms with Crippen LogP contribution in [0.1, 0.15) is 0 Å². The minimum Gasteiger partial charge on any atom is -0.140 e. The second-order valence-corrected chi connectivity index (χ2v) is 7.45. The zero-order valence-corrected chi connectivity index (χ0v) is 5.91. The molecule has 0 heterocycles. The average Bonchev–Trinajstić information content (AvgIpc) is 1.38. The molecule has 0 aromatic carbocycles. The van der Waals surface area contributed by atoms with E-state index in [1.165, 1.54) is 7.36 Å². The summed E-state index contributed by atoms with van der Waals surface area (Å²) in [4.78, 5) is 0. The van der Waals surface area contributed by atoms with E-state index in [2.05, 4.69) is 12.9 Å². The molecule has 1 atom stereocenters. The van der Waals surface area contributed by atoms with Crippen molar-refractivity contribution in [1.29, 1.82) is 0 Å². The van der Waals surface area contributed by atoms with E-state index in [9.17, 15) is 0 Å². The zero-order chi connectivity index (χ0) is 4.28. The maximum atomic E-state index is 4.83. The van der Waals surface area contributed by atoms with E-state index in [1.807, 2.05) is 0 Å². The van der Waals surface area contributed by atoms with Crippen LogP contribution in [0.25, 0.3) is 0 Å². The summed E-state index contributed by atoms with van der Waals surface area (Å²) in [6, 6.07) is 0. The first-order chi connectivity index (χ1) is 2.27. The fraction of sp³-hybridized carbons (Fsp3) is 1.00. The lowest BCUT2D eigenvalue weighted by Gasteiger charge is -1.62. The Morgan fingerprint density at radius 2 is 2.00 bits per heavy atom. The smallest absolute Gasteiger partial charge is 0.0169 e. The molecule has 0 radical (unpaired) electrons. The highest BCUT2D eigenvalue weighted by Gasteiger charge is 1.46. The Kier molecular flexibility index (Phi) is 3.61. The quantitative estimate of drug-likeness (QED) is 0.372. The van der Waals surface area contributed by atoms with Crippen LogP contribution in [0.4, 0.5) is 0 Å². The van der Waals surface area contributed by atoms with Gasteiger partial charge in [0.2, 0.25) is 0 Å². The molecular formula is C2H7PS2. The zero-order valence-electron chi connectivity index (χ0n) is 3.30. The van der Waals surface area contributed by atoms with Gasteiger partial charge in [-0.3, -0.25) is 0 Å². The number of thiol groups is 1. The molecule has 0 amide bonds. The van der Waals surface area contributed by atoms with Gasteiger partial charge in [-0.15, -0.1) is 8.63 Å². The van der Waals surface area contributed by atoms with E-state index in [0.717, 1.165) is 0 Å². The fourth-order valence-corrected chi connectivity index (χ4v) is 0. The summed E-state index contributed by atoms with van der Waals surface area (Å²) in [6.45, 7) is 2.10. The molecule has 0 nitrogen and oxygen atoms in total. The van der Waals surface area contributed by atoms with Gasteiger partial charge >= 0.3 is 0 Å². The molecule has 0 aliphatic heterocycles. The summed E-state index contributed by atoms with van der Waals surface area (Å²) >= 11 is 4.83. The van der Waals surface area contributed by atoms with E-state index in [1.54, 1.807) is 0 Å². The molecule has 3 heteroatoms. The van der Waals surface area contributed by atoms with Gasteiger partial charge in [0.25, 0.3) is 0 Å². The van der Waals surface area contributed by atoms with Gasteiger partial charge in [0, 0.05) is 0 Å². The van der Waals surface area contributed by atoms with Crippen LogP contribution in [-0.4, -0.2) is 12.9 Å². The predicted octanol–water partition coefficient (Wildman–Crippen LogP) is 0.920. The van der Waals surface area contributed by atoms with E-state index in [-0.39, 0.29) is 8.63 Å². The minimum absolute atomic E-state index is 0.0427. The monoisotopic (exact) mass is 126 g/mol. The van der Waals surface area contributed by atoms with Gasteiger partial charge in [0.15, 0.2) is 0 Å². The fourth-order valence-electron chi connectivity index (χ4n) is 0. The van der Waals surface area contributed by atoms with Crippen molar-refractivity contribution in [3.63, 3.8) is 0 Å². The Morgan fingerprint density at radius 1 is 1.80 bits per heavy atom. The van der Waals surface area contributed by atoms with Crippen molar-refractivity contribution in [2.75, 3.05) is 12.9 Å². The summed E-state index contributed by atoms with van der Waals surface area (Å²) in [5.41, 5.74) is 0. The van der Waals surface area contributed by atoms with Gasteiger partial charge in [-0.25, -0.2) is 0 Å². The van der Waals surface area contributed by atoms with Crippen molar-refractivity contribution in [3.8, 4) is 0 Å². The molecule has 32 valence electrons. The molecule has 0 rings (SSSR count). The molecule has 0 saturated heterocycles. The van der Waals surface area contributed by atoms with Gasteiger partial charge in [-0.05, 0) is 12.9 Å². The Morgan fingerprint density at radius 3 is 2.00 bits per heavy atom. The molecule has 0 aliphatic carbocycles. The summed E-state index contributed by atoms with van der Waals surface area (Å²) < 4.78 is 0. The maximum absolute atomic E-state index is 4.83. The summed E-state index contributed by atoms with van der Waals surface area (Å²) in [5, 5.41) is 0. The molecular weight excluding hydrogens is 119 g/mol. The first-order valence-electron chi connectivity index (χ1n) is 1.28. The lowest BCUT2D eigenvalue weighted by atomic mass is 12.0. The minimum atomic E-state index is -0.0427. The molecule has 5 heavy (non-hydrogen) atoms. The lowest BCUT2D eigenvalue weighted by Crippen LogP contribution is -1.46. The van der Waals surface area contributed by atoms with Crippen molar-refractivity contribution >= 4 is 27.2 Å². The average molecular weight is 126 g/mol. The number of hydrogen-bond donors (Lipinski definition) is 1. The Labute approximate surface area is 40.6 Å². The topological polar surface area (TPSA) is 0 Å². The largest absolute Gasteiger partial charge is 0.140 e. The SMILES string of the molecule is CP=[SH](C)=S. The van der Waals surface area contributed by atoms with Crippen molar-refractivity contribution < 1.29 is 0 Å². The third kappa shape index (κ3) is 4.87. The molecule has 0 spiro atoms. The van der Waals surface area contributed by atoms with Crippen LogP contribution in [0.15, 0.2) is 0 Å². The van der Waals surface area contributed by atoms with E-state index >= 15 is 0 Å². The Balaban J connectivity index is 3.62. The van der Waals surface area contributed by atoms with Crippen molar-refractivity contribution in [3.05, 3.63) is 0 Å². The first-order valence-corrected chi connectivity index (χ1v) is 6.13. The van der Waals surface area contributed by atoms with Crippen LogP contribution in [0.3, 0.4) is 0 Å². The standard InChI is InChI=1S/C2H7PS2/c1-3-5(2)4/h5H,1-2H3. The van der Waals surface area contributed by atoms with Crippen LogP contribution < -0.4 is 0 Å². The Hall–Kier alpha value is 0.870. The maximum Gasteiger partial charge on any atom is -0.0169 e. The van der Waals surface area contributed by atoms with Crippen LogP contribution in [0.5, 0.6) is 0 Å². The van der Waals surface area contributed by atoms with Crippen molar-refractivity contribution in [2.24, 2.45) is 0 Å². The second kappa shape index (κ2) is 3.08. The van der Waals surface area contributed by atoms with Gasteiger partial charge in [-0.2, -0.15) is 0 Å². The van der Waals surface area contributed by atoms with Gasteiger partial charge in [0.05, 0.1) is 0 Å².